The fraction of sp³-hybridized carbons (Fsp3) is 0. The van der Waals surface area contributed by atoms with Gasteiger partial charge in [0.2, 0.25) is 0 Å². The van der Waals surface area contributed by atoms with Crippen LogP contribution in [-0.2, 0) is 10.1 Å². The van der Waals surface area contributed by atoms with Crippen LogP contribution in [0.15, 0.2) is 69.7 Å². The number of rotatable bonds is 4. The minimum absolute atomic E-state index is 0. The number of hydrogen-bond donors (Lipinski definition) is 2. The van der Waals surface area contributed by atoms with Gasteiger partial charge in [-0.05, 0) is 12.1 Å². The number of benzene rings is 3. The molecule has 0 aliphatic carbocycles. The summed E-state index contributed by atoms with van der Waals surface area (Å²) in [5.74, 6) is 0. The second-order valence-electron chi connectivity index (χ2n) is 5.31. The van der Waals surface area contributed by atoms with E-state index in [1.165, 1.54) is 30.3 Å². The molecule has 11 heteroatoms. The maximum absolute atomic E-state index is 11.7. The molecule has 27 heavy (non-hydrogen) atoms. The van der Waals surface area contributed by atoms with Gasteiger partial charge in [0.05, 0.1) is 16.3 Å². The van der Waals surface area contributed by atoms with Crippen LogP contribution in [0.3, 0.4) is 0 Å². The van der Waals surface area contributed by atoms with Gasteiger partial charge in [-0.2, -0.15) is 13.5 Å². The first-order valence-corrected chi connectivity index (χ1v) is 8.66. The van der Waals surface area contributed by atoms with Crippen molar-refractivity contribution in [1.29, 1.82) is 0 Å². The fourth-order valence-corrected chi connectivity index (χ4v) is 3.14. The van der Waals surface area contributed by atoms with Gasteiger partial charge in [0.25, 0.3) is 15.8 Å². The van der Waals surface area contributed by atoms with Gasteiger partial charge in [-0.1, -0.05) is 30.3 Å². The number of nitrogen functional groups attached to an aromatic ring is 1. The Balaban J connectivity index is 0.00000196. The first kappa shape index (κ1) is 20.9. The standard InChI is InChI=1S/C16H12N4O5S.Na.H/c17-16-13-7-2-1-6-12(13)15(26(23,24)25)9-14(16)19-18-10-4-3-5-11(8-10)20(21)22;;/h1-9H,17H2,(H,23,24,25);;/q;+1;-1. The molecule has 0 saturated heterocycles. The van der Waals surface area contributed by atoms with Crippen LogP contribution >= 0.6 is 0 Å². The third kappa shape index (κ3) is 4.49. The zero-order valence-electron chi connectivity index (χ0n) is 15.1. The summed E-state index contributed by atoms with van der Waals surface area (Å²) < 4.78 is 32.8. The van der Waals surface area contributed by atoms with Gasteiger partial charge in [0.15, 0.2) is 0 Å². The molecule has 0 atom stereocenters. The third-order valence-electron chi connectivity index (χ3n) is 3.62. The predicted octanol–water partition coefficient (Wildman–Crippen LogP) is 1.11. The van der Waals surface area contributed by atoms with Crippen molar-refractivity contribution in [1.82, 2.24) is 0 Å². The van der Waals surface area contributed by atoms with E-state index < -0.39 is 15.0 Å². The second-order valence-corrected chi connectivity index (χ2v) is 6.70. The molecule has 0 unspecified atom stereocenters. The second kappa shape index (κ2) is 8.11. The summed E-state index contributed by atoms with van der Waals surface area (Å²) in [7, 11) is -4.52. The Morgan fingerprint density at radius 2 is 1.70 bits per heavy atom. The first-order valence-electron chi connectivity index (χ1n) is 7.22. The van der Waals surface area contributed by atoms with Gasteiger partial charge in [0.1, 0.15) is 10.6 Å². The van der Waals surface area contributed by atoms with Crippen molar-refractivity contribution in [3.05, 3.63) is 64.7 Å². The number of hydrogen-bond acceptors (Lipinski definition) is 7. The van der Waals surface area contributed by atoms with Crippen molar-refractivity contribution in [3.8, 4) is 0 Å². The van der Waals surface area contributed by atoms with Crippen molar-refractivity contribution in [2.45, 2.75) is 4.90 Å². The molecule has 3 rings (SSSR count). The summed E-state index contributed by atoms with van der Waals surface area (Å²) in [4.78, 5) is 9.88. The van der Waals surface area contributed by atoms with Gasteiger partial charge in [-0.15, -0.1) is 5.11 Å². The molecule has 3 aromatic rings. The van der Waals surface area contributed by atoms with Crippen molar-refractivity contribution in [2.24, 2.45) is 10.2 Å². The molecule has 0 amide bonds. The Morgan fingerprint density at radius 3 is 2.33 bits per heavy atom. The molecule has 0 aromatic heterocycles. The molecule has 0 spiro atoms. The quantitative estimate of drug-likeness (QED) is 0.168. The molecule has 3 N–H and O–H groups in total. The molecule has 0 aliphatic rings. The van der Waals surface area contributed by atoms with Crippen LogP contribution in [0.25, 0.3) is 10.8 Å². The van der Waals surface area contributed by atoms with E-state index in [1.807, 2.05) is 0 Å². The zero-order chi connectivity index (χ0) is 18.9. The molecular weight excluding hydrogens is 383 g/mol. The number of fused-ring (bicyclic) bond motifs is 1. The summed E-state index contributed by atoms with van der Waals surface area (Å²) in [5.41, 5.74) is 6.25. The summed E-state index contributed by atoms with van der Waals surface area (Å²) in [6.07, 6.45) is 0. The van der Waals surface area contributed by atoms with E-state index in [1.54, 1.807) is 18.2 Å². The smallest absolute Gasteiger partial charge is 1.00 e. The number of nitro groups is 1. The minimum Gasteiger partial charge on any atom is -1.00 e. The largest absolute Gasteiger partial charge is 1.00 e. The molecule has 134 valence electrons. The van der Waals surface area contributed by atoms with E-state index in [4.69, 9.17) is 5.73 Å². The van der Waals surface area contributed by atoms with E-state index in [0.29, 0.717) is 5.39 Å². The van der Waals surface area contributed by atoms with Crippen LogP contribution in [0.2, 0.25) is 0 Å². The van der Waals surface area contributed by atoms with Crippen molar-refractivity contribution >= 4 is 43.6 Å². The van der Waals surface area contributed by atoms with Gasteiger partial charge in [-0.3, -0.25) is 14.7 Å². The molecule has 0 heterocycles. The van der Waals surface area contributed by atoms with Crippen LogP contribution < -0.4 is 35.3 Å². The van der Waals surface area contributed by atoms with E-state index in [2.05, 4.69) is 10.2 Å². The number of nitro benzene ring substituents is 1. The van der Waals surface area contributed by atoms with Crippen LogP contribution in [0.5, 0.6) is 0 Å². The summed E-state index contributed by atoms with van der Waals surface area (Å²) in [5, 5.41) is 19.2. The zero-order valence-corrected chi connectivity index (χ0v) is 16.9. The van der Waals surface area contributed by atoms with Crippen LogP contribution in [0, 0.1) is 10.1 Å². The van der Waals surface area contributed by atoms with Crippen molar-refractivity contribution < 1.29 is 48.9 Å². The Kier molecular flexibility index (Phi) is 6.29. The van der Waals surface area contributed by atoms with E-state index in [-0.39, 0.29) is 64.0 Å². The van der Waals surface area contributed by atoms with Crippen molar-refractivity contribution in [2.75, 3.05) is 5.73 Å². The average molecular weight is 396 g/mol. The Labute approximate surface area is 177 Å². The molecule has 9 nitrogen and oxygen atoms in total. The molecule has 0 bridgehead atoms. The number of anilines is 1. The van der Waals surface area contributed by atoms with Crippen LogP contribution in [0.4, 0.5) is 22.7 Å². The molecule has 0 saturated carbocycles. The maximum atomic E-state index is 11.7. The van der Waals surface area contributed by atoms with Crippen molar-refractivity contribution in [3.63, 3.8) is 0 Å². The van der Waals surface area contributed by atoms with Gasteiger partial charge in [0, 0.05) is 22.9 Å². The fourth-order valence-electron chi connectivity index (χ4n) is 2.43. The summed E-state index contributed by atoms with van der Waals surface area (Å²) in [6, 6.07) is 12.9. The monoisotopic (exact) mass is 396 g/mol. The SMILES string of the molecule is Nc1c(N=Nc2cccc([N+](=O)[O-])c2)cc(S(=O)(=O)O)c2ccccc12.[H-].[Na+]. The molecule has 0 fully saturated rings. The Bertz CT molecular complexity index is 1170. The van der Waals surface area contributed by atoms with E-state index >= 15 is 0 Å². The number of azo groups is 1. The van der Waals surface area contributed by atoms with E-state index in [0.717, 1.165) is 6.07 Å². The minimum atomic E-state index is -4.52. The molecule has 3 aromatic carbocycles. The third-order valence-corrected chi connectivity index (χ3v) is 4.51. The maximum Gasteiger partial charge on any atom is 1.00 e. The molecular formula is C16H13N4NaO5S. The number of nitrogens with two attached hydrogens (primary N) is 1. The van der Waals surface area contributed by atoms with Gasteiger partial charge >= 0.3 is 29.6 Å². The Hall–Kier alpha value is -2.37. The van der Waals surface area contributed by atoms with Crippen LogP contribution in [-0.4, -0.2) is 17.9 Å². The van der Waals surface area contributed by atoms with E-state index in [9.17, 15) is 23.1 Å². The topological polar surface area (TPSA) is 148 Å². The molecule has 0 aliphatic heterocycles. The Morgan fingerprint density at radius 1 is 1.04 bits per heavy atom. The first-order chi connectivity index (χ1) is 12.3. The predicted molar refractivity (Wildman–Crippen MR) is 96.6 cm³/mol. The summed E-state index contributed by atoms with van der Waals surface area (Å²) in [6.45, 7) is 0. The average Bonchev–Trinajstić information content (AvgIpc) is 2.60. The van der Waals surface area contributed by atoms with Gasteiger partial charge in [-0.25, -0.2) is 0 Å². The number of nitrogens with zero attached hydrogens (tertiary/aromatic N) is 3. The molecule has 0 radical (unpaired) electrons. The van der Waals surface area contributed by atoms with Crippen LogP contribution in [0.1, 0.15) is 1.43 Å². The normalized spacial score (nSPS) is 11.4. The summed E-state index contributed by atoms with van der Waals surface area (Å²) >= 11 is 0. The number of non-ortho nitro benzene ring substituents is 1. The van der Waals surface area contributed by atoms with Gasteiger partial charge < -0.3 is 7.16 Å².